The number of tetrazole rings is 1. The highest BCUT2D eigenvalue weighted by Gasteiger charge is 2.25. The molecule has 1 amide bonds. The van der Waals surface area contributed by atoms with E-state index in [2.05, 4.69) is 51.7 Å². The van der Waals surface area contributed by atoms with E-state index in [4.69, 9.17) is 0 Å². The summed E-state index contributed by atoms with van der Waals surface area (Å²) >= 11 is 0. The number of hydrogen-bond acceptors (Lipinski definition) is 5. The first kappa shape index (κ1) is 16.6. The lowest BCUT2D eigenvalue weighted by atomic mass is 9.94. The van der Waals surface area contributed by atoms with Gasteiger partial charge in [0.1, 0.15) is 5.82 Å². The highest BCUT2D eigenvalue weighted by Crippen LogP contribution is 2.22. The van der Waals surface area contributed by atoms with Crippen molar-refractivity contribution < 1.29 is 4.79 Å². The average molecular weight is 328 g/mol. The van der Waals surface area contributed by atoms with E-state index in [0.717, 1.165) is 25.3 Å². The van der Waals surface area contributed by atoms with Crippen molar-refractivity contribution in [2.45, 2.75) is 38.9 Å². The highest BCUT2D eigenvalue weighted by atomic mass is 16.2. The number of aromatic nitrogens is 4. The molecule has 128 valence electrons. The number of amides is 1. The van der Waals surface area contributed by atoms with E-state index in [9.17, 15) is 4.79 Å². The SMILES string of the molecule is Cc1nnnn1CCC(=O)N(C)C[C@@H]1Cc2ccccc2CN1C. The summed E-state index contributed by atoms with van der Waals surface area (Å²) in [6.07, 6.45) is 1.39. The van der Waals surface area contributed by atoms with Gasteiger partial charge in [0.25, 0.3) is 0 Å². The molecule has 1 aliphatic rings. The monoisotopic (exact) mass is 328 g/mol. The van der Waals surface area contributed by atoms with Crippen LogP contribution in [0.15, 0.2) is 24.3 Å². The summed E-state index contributed by atoms with van der Waals surface area (Å²) in [6, 6.07) is 8.90. The number of aryl methyl sites for hydroxylation is 2. The zero-order valence-corrected chi connectivity index (χ0v) is 14.5. The molecule has 0 saturated carbocycles. The van der Waals surface area contributed by atoms with E-state index >= 15 is 0 Å². The summed E-state index contributed by atoms with van der Waals surface area (Å²) < 4.78 is 1.66. The van der Waals surface area contributed by atoms with E-state index in [-0.39, 0.29) is 5.91 Å². The van der Waals surface area contributed by atoms with Crippen LogP contribution in [0.1, 0.15) is 23.4 Å². The van der Waals surface area contributed by atoms with Gasteiger partial charge < -0.3 is 4.90 Å². The van der Waals surface area contributed by atoms with Crippen molar-refractivity contribution in [2.24, 2.45) is 0 Å². The van der Waals surface area contributed by atoms with Crippen LogP contribution in [0.2, 0.25) is 0 Å². The van der Waals surface area contributed by atoms with Gasteiger partial charge in [0.15, 0.2) is 0 Å². The van der Waals surface area contributed by atoms with E-state index in [1.54, 1.807) is 4.68 Å². The lowest BCUT2D eigenvalue weighted by Gasteiger charge is -2.36. The van der Waals surface area contributed by atoms with Gasteiger partial charge in [0.05, 0.1) is 6.54 Å². The van der Waals surface area contributed by atoms with Gasteiger partial charge in [-0.1, -0.05) is 24.3 Å². The zero-order chi connectivity index (χ0) is 17.1. The lowest BCUT2D eigenvalue weighted by molar-refractivity contribution is -0.131. The Hall–Kier alpha value is -2.28. The molecule has 0 radical (unpaired) electrons. The van der Waals surface area contributed by atoms with Gasteiger partial charge >= 0.3 is 0 Å². The quantitative estimate of drug-likeness (QED) is 0.815. The van der Waals surface area contributed by atoms with Gasteiger partial charge in [-0.25, -0.2) is 4.68 Å². The molecule has 0 unspecified atom stereocenters. The normalized spacial score (nSPS) is 17.5. The molecule has 1 atom stereocenters. The third kappa shape index (κ3) is 3.62. The number of hydrogen-bond donors (Lipinski definition) is 0. The maximum absolute atomic E-state index is 12.4. The topological polar surface area (TPSA) is 67.2 Å². The van der Waals surface area contributed by atoms with Crippen LogP contribution >= 0.6 is 0 Å². The molecule has 1 aliphatic heterocycles. The Morgan fingerprint density at radius 3 is 2.79 bits per heavy atom. The second-order valence-corrected chi connectivity index (χ2v) is 6.52. The van der Waals surface area contributed by atoms with Crippen LogP contribution in [0.4, 0.5) is 0 Å². The predicted octanol–water partition coefficient (Wildman–Crippen LogP) is 0.887. The van der Waals surface area contributed by atoms with Crippen LogP contribution in [0.5, 0.6) is 0 Å². The molecular formula is C17H24N6O. The minimum atomic E-state index is 0.122. The number of rotatable bonds is 5. The fourth-order valence-corrected chi connectivity index (χ4v) is 3.19. The average Bonchev–Trinajstić information content (AvgIpc) is 2.98. The van der Waals surface area contributed by atoms with Crippen LogP contribution in [-0.4, -0.2) is 62.6 Å². The lowest BCUT2D eigenvalue weighted by Crippen LogP contribution is -2.46. The standard InChI is InChI=1S/C17H24N6O/c1-13-18-19-20-23(13)9-8-17(24)22(3)12-16-10-14-6-4-5-7-15(14)11-21(16)2/h4-7,16H,8-12H2,1-3H3/t16-/m0/s1. The maximum Gasteiger partial charge on any atom is 0.224 e. The molecule has 2 aromatic rings. The predicted molar refractivity (Wildman–Crippen MR) is 90.2 cm³/mol. The molecular weight excluding hydrogens is 304 g/mol. The van der Waals surface area contributed by atoms with Crippen LogP contribution in [-0.2, 0) is 24.3 Å². The third-order valence-corrected chi connectivity index (χ3v) is 4.78. The summed E-state index contributed by atoms with van der Waals surface area (Å²) in [6.45, 7) is 4.03. The molecule has 0 bridgehead atoms. The van der Waals surface area contributed by atoms with Crippen molar-refractivity contribution in [3.63, 3.8) is 0 Å². The van der Waals surface area contributed by atoms with Crippen LogP contribution in [0.25, 0.3) is 0 Å². The second kappa shape index (κ2) is 7.09. The van der Waals surface area contributed by atoms with E-state index in [0.29, 0.717) is 19.0 Å². The van der Waals surface area contributed by atoms with E-state index < -0.39 is 0 Å². The first-order chi connectivity index (χ1) is 11.5. The van der Waals surface area contributed by atoms with E-state index in [1.165, 1.54) is 11.1 Å². The molecule has 0 aliphatic carbocycles. The minimum Gasteiger partial charge on any atom is -0.344 e. The Morgan fingerprint density at radius 1 is 1.33 bits per heavy atom. The first-order valence-electron chi connectivity index (χ1n) is 8.28. The summed E-state index contributed by atoms with van der Waals surface area (Å²) in [7, 11) is 4.01. The van der Waals surface area contributed by atoms with Gasteiger partial charge in [0, 0.05) is 32.6 Å². The fraction of sp³-hybridized carbons (Fsp3) is 0.529. The van der Waals surface area contributed by atoms with Crippen molar-refractivity contribution in [1.82, 2.24) is 30.0 Å². The third-order valence-electron chi connectivity index (χ3n) is 4.78. The Kier molecular flexibility index (Phi) is 4.89. The van der Waals surface area contributed by atoms with Gasteiger partial charge in [0.2, 0.25) is 5.91 Å². The number of nitrogens with zero attached hydrogens (tertiary/aromatic N) is 6. The zero-order valence-electron chi connectivity index (χ0n) is 14.5. The summed E-state index contributed by atoms with van der Waals surface area (Å²) in [5.41, 5.74) is 2.78. The molecule has 1 aromatic carbocycles. The van der Waals surface area contributed by atoms with Gasteiger partial charge in [-0.05, 0) is 41.9 Å². The molecule has 0 saturated heterocycles. The molecule has 0 N–H and O–H groups in total. The first-order valence-corrected chi connectivity index (χ1v) is 8.28. The number of carbonyl (C=O) groups excluding carboxylic acids is 1. The van der Waals surface area contributed by atoms with Gasteiger partial charge in [-0.3, -0.25) is 9.69 Å². The maximum atomic E-state index is 12.4. The van der Waals surface area contributed by atoms with Crippen LogP contribution < -0.4 is 0 Å². The molecule has 7 heteroatoms. The number of likely N-dealkylation sites (N-methyl/N-ethyl adjacent to an activating group) is 2. The summed E-state index contributed by atoms with van der Waals surface area (Å²) in [5.74, 6) is 0.853. The Labute approximate surface area is 142 Å². The second-order valence-electron chi connectivity index (χ2n) is 6.52. The number of carbonyl (C=O) groups is 1. The largest absolute Gasteiger partial charge is 0.344 e. The smallest absolute Gasteiger partial charge is 0.224 e. The van der Waals surface area contributed by atoms with Crippen LogP contribution in [0.3, 0.4) is 0 Å². The van der Waals surface area contributed by atoms with Crippen molar-refractivity contribution in [3.05, 3.63) is 41.2 Å². The highest BCUT2D eigenvalue weighted by molar-refractivity contribution is 5.75. The molecule has 0 fully saturated rings. The van der Waals surface area contributed by atoms with Crippen LogP contribution in [0, 0.1) is 6.92 Å². The fourth-order valence-electron chi connectivity index (χ4n) is 3.19. The van der Waals surface area contributed by atoms with Crippen molar-refractivity contribution >= 4 is 5.91 Å². The molecule has 2 heterocycles. The van der Waals surface area contributed by atoms with Gasteiger partial charge in [-0.2, -0.15) is 0 Å². The molecule has 0 spiro atoms. The molecule has 1 aromatic heterocycles. The minimum absolute atomic E-state index is 0.122. The van der Waals surface area contributed by atoms with Crippen molar-refractivity contribution in [3.8, 4) is 0 Å². The Morgan fingerprint density at radius 2 is 2.08 bits per heavy atom. The number of benzene rings is 1. The van der Waals surface area contributed by atoms with Crippen molar-refractivity contribution in [1.29, 1.82) is 0 Å². The Bertz CT molecular complexity index is 713. The van der Waals surface area contributed by atoms with E-state index in [1.807, 2.05) is 18.9 Å². The summed E-state index contributed by atoms with van der Waals surface area (Å²) in [5, 5.41) is 11.3. The molecule has 7 nitrogen and oxygen atoms in total. The summed E-state index contributed by atoms with van der Waals surface area (Å²) in [4.78, 5) is 16.6. The van der Waals surface area contributed by atoms with Gasteiger partial charge in [-0.15, -0.1) is 5.10 Å². The molecule has 24 heavy (non-hydrogen) atoms. The number of fused-ring (bicyclic) bond motifs is 1. The Balaban J connectivity index is 1.55. The van der Waals surface area contributed by atoms with Crippen molar-refractivity contribution in [2.75, 3.05) is 20.6 Å². The molecule has 3 rings (SSSR count).